The van der Waals surface area contributed by atoms with E-state index in [1.165, 1.54) is 0 Å². The Balaban J connectivity index is 1.48. The smallest absolute Gasteiger partial charge is 0.431 e. The fraction of sp³-hybridized carbons (Fsp3) is 0.222. The number of hydroxylamine groups is 1. The average molecular weight is 344 g/mol. The highest BCUT2D eigenvalue weighted by Crippen LogP contribution is 2.01. The number of carbonyl (C=O) groups excluding carboxylic acids is 2. The van der Waals surface area contributed by atoms with Gasteiger partial charge < -0.3 is 14.8 Å². The van der Waals surface area contributed by atoms with E-state index in [0.717, 1.165) is 11.1 Å². The molecule has 2 N–H and O–H groups in total. The van der Waals surface area contributed by atoms with Crippen LogP contribution >= 0.6 is 0 Å². The highest BCUT2D eigenvalue weighted by atomic mass is 16.7. The molecule has 7 heteroatoms. The van der Waals surface area contributed by atoms with Gasteiger partial charge in [-0.2, -0.15) is 5.48 Å². The number of hydrogen-bond acceptors (Lipinski definition) is 5. The molecule has 0 bridgehead atoms. The largest absolute Gasteiger partial charge is 0.445 e. The van der Waals surface area contributed by atoms with Gasteiger partial charge in [-0.15, -0.1) is 0 Å². The van der Waals surface area contributed by atoms with Crippen LogP contribution in [0.5, 0.6) is 0 Å². The van der Waals surface area contributed by atoms with Gasteiger partial charge in [-0.05, 0) is 11.1 Å². The minimum Gasteiger partial charge on any atom is -0.445 e. The SMILES string of the molecule is O=C(NCCONC(=O)OCc1ccccc1)OCc1ccccc1. The first kappa shape index (κ1) is 18.3. The van der Waals surface area contributed by atoms with Crippen molar-refractivity contribution >= 4 is 12.2 Å². The van der Waals surface area contributed by atoms with Gasteiger partial charge in [0.1, 0.15) is 13.2 Å². The van der Waals surface area contributed by atoms with E-state index in [1.807, 2.05) is 60.7 Å². The van der Waals surface area contributed by atoms with Gasteiger partial charge in [0.2, 0.25) is 0 Å². The van der Waals surface area contributed by atoms with E-state index in [0.29, 0.717) is 0 Å². The molecule has 0 aliphatic rings. The molecular formula is C18H20N2O5. The van der Waals surface area contributed by atoms with Crippen molar-refractivity contribution in [3.8, 4) is 0 Å². The van der Waals surface area contributed by atoms with Crippen LogP contribution in [0.4, 0.5) is 9.59 Å². The number of benzene rings is 2. The second kappa shape index (κ2) is 10.7. The third-order valence-electron chi connectivity index (χ3n) is 3.05. The summed E-state index contributed by atoms with van der Waals surface area (Å²) in [7, 11) is 0. The summed E-state index contributed by atoms with van der Waals surface area (Å²) in [6, 6.07) is 18.6. The molecule has 0 spiro atoms. The first-order valence-electron chi connectivity index (χ1n) is 7.77. The van der Waals surface area contributed by atoms with Crippen molar-refractivity contribution < 1.29 is 23.9 Å². The van der Waals surface area contributed by atoms with Crippen molar-refractivity contribution in [1.82, 2.24) is 10.8 Å². The maximum Gasteiger partial charge on any atom is 0.431 e. The van der Waals surface area contributed by atoms with Crippen LogP contribution in [0.2, 0.25) is 0 Å². The normalized spacial score (nSPS) is 9.92. The monoisotopic (exact) mass is 344 g/mol. The summed E-state index contributed by atoms with van der Waals surface area (Å²) in [6.45, 7) is 0.616. The topological polar surface area (TPSA) is 85.9 Å². The van der Waals surface area contributed by atoms with Crippen LogP contribution in [-0.4, -0.2) is 25.3 Å². The van der Waals surface area contributed by atoms with Gasteiger partial charge in [0.15, 0.2) is 0 Å². The zero-order valence-corrected chi connectivity index (χ0v) is 13.6. The lowest BCUT2D eigenvalue weighted by Crippen LogP contribution is -2.32. The third kappa shape index (κ3) is 7.85. The molecule has 0 atom stereocenters. The third-order valence-corrected chi connectivity index (χ3v) is 3.05. The maximum atomic E-state index is 11.5. The van der Waals surface area contributed by atoms with E-state index in [4.69, 9.17) is 14.3 Å². The first-order valence-corrected chi connectivity index (χ1v) is 7.77. The van der Waals surface area contributed by atoms with Gasteiger partial charge in [-0.1, -0.05) is 60.7 Å². The molecule has 0 unspecified atom stereocenters. The van der Waals surface area contributed by atoms with Crippen LogP contribution in [0.1, 0.15) is 11.1 Å². The molecule has 0 heterocycles. The number of alkyl carbamates (subject to hydrolysis) is 1. The Morgan fingerprint density at radius 3 is 1.84 bits per heavy atom. The summed E-state index contributed by atoms with van der Waals surface area (Å²) in [5.41, 5.74) is 3.91. The van der Waals surface area contributed by atoms with Gasteiger partial charge >= 0.3 is 12.2 Å². The van der Waals surface area contributed by atoms with Crippen molar-refractivity contribution in [2.75, 3.05) is 13.2 Å². The molecule has 2 aromatic rings. The van der Waals surface area contributed by atoms with Crippen molar-refractivity contribution in [2.24, 2.45) is 0 Å². The summed E-state index contributed by atoms with van der Waals surface area (Å²) in [5, 5.41) is 2.51. The van der Waals surface area contributed by atoms with Gasteiger partial charge in [0.05, 0.1) is 6.61 Å². The van der Waals surface area contributed by atoms with E-state index >= 15 is 0 Å². The van der Waals surface area contributed by atoms with E-state index < -0.39 is 12.2 Å². The van der Waals surface area contributed by atoms with Crippen LogP contribution in [0.15, 0.2) is 60.7 Å². The Morgan fingerprint density at radius 1 is 0.760 bits per heavy atom. The second-order valence-corrected chi connectivity index (χ2v) is 5.00. The minimum atomic E-state index is -0.699. The van der Waals surface area contributed by atoms with Crippen LogP contribution < -0.4 is 10.8 Å². The molecule has 0 aliphatic carbocycles. The molecule has 25 heavy (non-hydrogen) atoms. The molecule has 132 valence electrons. The number of carbonyl (C=O) groups is 2. The van der Waals surface area contributed by atoms with Crippen LogP contribution in [0.3, 0.4) is 0 Å². The number of ether oxygens (including phenoxy) is 2. The molecule has 0 saturated heterocycles. The average Bonchev–Trinajstić information content (AvgIpc) is 2.66. The van der Waals surface area contributed by atoms with E-state index in [2.05, 4.69) is 10.8 Å². The molecule has 2 aromatic carbocycles. The Morgan fingerprint density at radius 2 is 1.28 bits per heavy atom. The van der Waals surface area contributed by atoms with Crippen molar-refractivity contribution in [3.05, 3.63) is 71.8 Å². The summed E-state index contributed by atoms with van der Waals surface area (Å²) in [5.74, 6) is 0. The first-order chi connectivity index (χ1) is 12.2. The Labute approximate surface area is 145 Å². The van der Waals surface area contributed by atoms with E-state index in [-0.39, 0.29) is 26.4 Å². The van der Waals surface area contributed by atoms with Crippen LogP contribution in [0.25, 0.3) is 0 Å². The fourth-order valence-corrected chi connectivity index (χ4v) is 1.84. The van der Waals surface area contributed by atoms with Crippen molar-refractivity contribution in [2.45, 2.75) is 13.2 Å². The molecule has 0 fully saturated rings. The fourth-order valence-electron chi connectivity index (χ4n) is 1.84. The molecule has 7 nitrogen and oxygen atoms in total. The number of nitrogens with one attached hydrogen (secondary N) is 2. The van der Waals surface area contributed by atoms with E-state index in [1.54, 1.807) is 0 Å². The Kier molecular flexibility index (Phi) is 7.80. The molecule has 2 rings (SSSR count). The van der Waals surface area contributed by atoms with Crippen molar-refractivity contribution in [3.63, 3.8) is 0 Å². The highest BCUT2D eigenvalue weighted by molar-refractivity contribution is 5.67. The zero-order valence-electron chi connectivity index (χ0n) is 13.6. The lowest BCUT2D eigenvalue weighted by Gasteiger charge is -2.09. The predicted octanol–water partition coefficient (Wildman–Crippen LogP) is 2.77. The highest BCUT2D eigenvalue weighted by Gasteiger charge is 2.04. The minimum absolute atomic E-state index is 0.0842. The van der Waals surface area contributed by atoms with E-state index in [9.17, 15) is 9.59 Å². The summed E-state index contributed by atoms with van der Waals surface area (Å²) in [6.07, 6.45) is -1.25. The molecular weight excluding hydrogens is 324 g/mol. The number of rotatable bonds is 8. The lowest BCUT2D eigenvalue weighted by atomic mass is 10.2. The molecule has 2 amide bonds. The summed E-state index contributed by atoms with van der Waals surface area (Å²) in [4.78, 5) is 27.8. The van der Waals surface area contributed by atoms with Gasteiger partial charge in [-0.3, -0.25) is 4.84 Å². The second-order valence-electron chi connectivity index (χ2n) is 5.00. The quantitative estimate of drug-likeness (QED) is 0.568. The summed E-state index contributed by atoms with van der Waals surface area (Å²) < 4.78 is 9.98. The lowest BCUT2D eigenvalue weighted by molar-refractivity contribution is 0.0265. The molecule has 0 saturated carbocycles. The number of amides is 2. The van der Waals surface area contributed by atoms with Gasteiger partial charge in [-0.25, -0.2) is 9.59 Å². The summed E-state index contributed by atoms with van der Waals surface area (Å²) >= 11 is 0. The molecule has 0 aliphatic heterocycles. The van der Waals surface area contributed by atoms with Gasteiger partial charge in [0.25, 0.3) is 0 Å². The maximum absolute atomic E-state index is 11.5. The zero-order chi connectivity index (χ0) is 17.7. The molecule has 0 radical (unpaired) electrons. The van der Waals surface area contributed by atoms with Crippen molar-refractivity contribution in [1.29, 1.82) is 0 Å². The van der Waals surface area contributed by atoms with Crippen LogP contribution in [-0.2, 0) is 27.5 Å². The molecule has 0 aromatic heterocycles. The van der Waals surface area contributed by atoms with Gasteiger partial charge in [0, 0.05) is 6.54 Å². The Bertz CT molecular complexity index is 592. The number of hydrogen-bond donors (Lipinski definition) is 2. The standard InChI is InChI=1S/C18H20N2O5/c21-17(23-13-15-7-3-1-4-8-15)19-11-12-25-20-18(22)24-14-16-9-5-2-6-10-16/h1-10H,11-14H2,(H,19,21)(H,20,22). The predicted molar refractivity (Wildman–Crippen MR) is 90.3 cm³/mol. The Hall–Kier alpha value is -3.06. The van der Waals surface area contributed by atoms with Crippen LogP contribution in [0, 0.1) is 0 Å².